The number of aryl methyl sites for hydroxylation is 1. The number of piperidine rings is 1. The minimum Gasteiger partial charge on any atom is -0.508 e. The van der Waals surface area contributed by atoms with Gasteiger partial charge in [0, 0.05) is 37.1 Å². The summed E-state index contributed by atoms with van der Waals surface area (Å²) in [5.41, 5.74) is 1.78. The van der Waals surface area contributed by atoms with E-state index in [4.69, 9.17) is 11.6 Å². The van der Waals surface area contributed by atoms with Crippen LogP contribution in [0.1, 0.15) is 36.3 Å². The number of likely N-dealkylation sites (tertiary alicyclic amines) is 2. The zero-order chi connectivity index (χ0) is 18.8. The van der Waals surface area contributed by atoms with Gasteiger partial charge in [-0.25, -0.2) is 0 Å². The fraction of sp³-hybridized carbons (Fsp3) is 0.500. The van der Waals surface area contributed by atoms with Crippen LogP contribution < -0.4 is 0 Å². The number of benzene rings is 1. The van der Waals surface area contributed by atoms with E-state index < -0.39 is 0 Å². The fourth-order valence-electron chi connectivity index (χ4n) is 4.00. The maximum atomic E-state index is 12.9. The van der Waals surface area contributed by atoms with Crippen LogP contribution in [-0.4, -0.2) is 52.9 Å². The first-order chi connectivity index (χ1) is 12.4. The zero-order valence-electron chi connectivity index (χ0n) is 15.1. The lowest BCUT2D eigenvalue weighted by Crippen LogP contribution is -2.45. The third-order valence-electron chi connectivity index (χ3n) is 5.50. The van der Waals surface area contributed by atoms with Crippen LogP contribution in [0.25, 0.3) is 0 Å². The summed E-state index contributed by atoms with van der Waals surface area (Å²) in [5, 5.41) is 10.8. The lowest BCUT2D eigenvalue weighted by Gasteiger charge is -2.33. The Labute approximate surface area is 159 Å². The number of aromatic hydroxyl groups is 1. The number of nitrogens with zero attached hydrogens (tertiary/aromatic N) is 2. The van der Waals surface area contributed by atoms with Gasteiger partial charge in [-0.3, -0.25) is 9.59 Å². The lowest BCUT2D eigenvalue weighted by molar-refractivity contribution is -0.138. The number of carbonyl (C=O) groups is 2. The van der Waals surface area contributed by atoms with Gasteiger partial charge >= 0.3 is 0 Å². The summed E-state index contributed by atoms with van der Waals surface area (Å²) >= 11 is 6.06. The smallest absolute Gasteiger partial charge is 0.245 e. The Morgan fingerprint density at radius 2 is 2.00 bits per heavy atom. The van der Waals surface area contributed by atoms with E-state index in [0.29, 0.717) is 31.2 Å². The second-order valence-corrected chi connectivity index (χ2v) is 7.66. The molecule has 2 aliphatic heterocycles. The number of phenolic OH excluding ortho intramolecular Hbond substituents is 1. The molecule has 0 bridgehead atoms. The molecule has 1 aromatic rings. The minimum absolute atomic E-state index is 0.108. The molecule has 2 heterocycles. The summed E-state index contributed by atoms with van der Waals surface area (Å²) in [6.07, 6.45) is 3.78. The minimum atomic E-state index is -0.146. The van der Waals surface area contributed by atoms with E-state index in [-0.39, 0.29) is 29.4 Å². The maximum absolute atomic E-state index is 12.9. The quantitative estimate of drug-likeness (QED) is 0.824. The number of hydrogen-bond acceptors (Lipinski definition) is 3. The summed E-state index contributed by atoms with van der Waals surface area (Å²) in [6.45, 7) is 7.87. The summed E-state index contributed by atoms with van der Waals surface area (Å²) < 4.78 is 0. The largest absolute Gasteiger partial charge is 0.508 e. The summed E-state index contributed by atoms with van der Waals surface area (Å²) in [5.74, 6) is 0.166. The Bertz CT molecular complexity index is 734. The molecule has 0 aliphatic carbocycles. The molecule has 0 saturated carbocycles. The molecule has 26 heavy (non-hydrogen) atoms. The first-order valence-electron chi connectivity index (χ1n) is 9.09. The van der Waals surface area contributed by atoms with Crippen LogP contribution >= 0.6 is 11.6 Å². The van der Waals surface area contributed by atoms with Crippen molar-refractivity contribution in [2.45, 2.75) is 32.1 Å². The Morgan fingerprint density at radius 1 is 1.23 bits per heavy atom. The zero-order valence-corrected chi connectivity index (χ0v) is 15.8. The average Bonchev–Trinajstić information content (AvgIpc) is 3.13. The number of phenols is 1. The highest BCUT2D eigenvalue weighted by atomic mass is 35.5. The predicted molar refractivity (Wildman–Crippen MR) is 101 cm³/mol. The molecule has 1 N–H and O–H groups in total. The van der Waals surface area contributed by atoms with Crippen LogP contribution in [0.2, 0.25) is 5.02 Å². The van der Waals surface area contributed by atoms with Gasteiger partial charge in [0.2, 0.25) is 11.8 Å². The molecular formula is C20H25ClN2O3. The molecule has 0 aromatic heterocycles. The molecular weight excluding hydrogens is 352 g/mol. The van der Waals surface area contributed by atoms with E-state index >= 15 is 0 Å². The van der Waals surface area contributed by atoms with Crippen LogP contribution in [0.5, 0.6) is 5.75 Å². The van der Waals surface area contributed by atoms with E-state index in [1.54, 1.807) is 11.0 Å². The van der Waals surface area contributed by atoms with Gasteiger partial charge in [-0.1, -0.05) is 24.2 Å². The maximum Gasteiger partial charge on any atom is 0.245 e. The standard InChI is InChI=1S/C20H25ClN2O3/c1-3-19(25)22-7-4-5-15(12-22)20(26)23-8-6-14(11-23)16-9-13(2)17(21)10-18(16)24/h3,9-10,14-15,24H,1,4-8,11-12H2,2H3. The molecule has 0 spiro atoms. The van der Waals surface area contributed by atoms with Gasteiger partial charge in [-0.05, 0) is 49.5 Å². The molecule has 140 valence electrons. The van der Waals surface area contributed by atoms with Crippen molar-refractivity contribution in [2.24, 2.45) is 5.92 Å². The summed E-state index contributed by atoms with van der Waals surface area (Å²) in [4.78, 5) is 28.3. The highest BCUT2D eigenvalue weighted by molar-refractivity contribution is 6.31. The number of halogens is 1. The number of carbonyl (C=O) groups excluding carboxylic acids is 2. The highest BCUT2D eigenvalue weighted by Gasteiger charge is 2.35. The van der Waals surface area contributed by atoms with Gasteiger partial charge in [-0.2, -0.15) is 0 Å². The summed E-state index contributed by atoms with van der Waals surface area (Å²) in [7, 11) is 0. The van der Waals surface area contributed by atoms with Crippen LogP contribution in [0.3, 0.4) is 0 Å². The van der Waals surface area contributed by atoms with E-state index in [2.05, 4.69) is 6.58 Å². The van der Waals surface area contributed by atoms with Gasteiger partial charge in [0.05, 0.1) is 5.92 Å². The van der Waals surface area contributed by atoms with Gasteiger partial charge < -0.3 is 14.9 Å². The average molecular weight is 377 g/mol. The van der Waals surface area contributed by atoms with Crippen molar-refractivity contribution >= 4 is 23.4 Å². The Kier molecular flexibility index (Phi) is 5.56. The van der Waals surface area contributed by atoms with Crippen LogP contribution in [0.15, 0.2) is 24.8 Å². The van der Waals surface area contributed by atoms with Crippen molar-refractivity contribution in [2.75, 3.05) is 26.2 Å². The molecule has 6 heteroatoms. The number of amides is 2. The van der Waals surface area contributed by atoms with Crippen molar-refractivity contribution in [3.63, 3.8) is 0 Å². The Hall–Kier alpha value is -2.01. The van der Waals surface area contributed by atoms with Crippen LogP contribution in [0.4, 0.5) is 0 Å². The molecule has 3 rings (SSSR count). The monoisotopic (exact) mass is 376 g/mol. The van der Waals surface area contributed by atoms with Gasteiger partial charge in [-0.15, -0.1) is 0 Å². The second-order valence-electron chi connectivity index (χ2n) is 7.26. The van der Waals surface area contributed by atoms with E-state index in [1.807, 2.05) is 17.9 Å². The van der Waals surface area contributed by atoms with E-state index in [0.717, 1.165) is 30.4 Å². The fourth-order valence-corrected chi connectivity index (χ4v) is 4.16. The van der Waals surface area contributed by atoms with E-state index in [9.17, 15) is 14.7 Å². The Morgan fingerprint density at radius 3 is 2.73 bits per heavy atom. The van der Waals surface area contributed by atoms with Crippen molar-refractivity contribution in [1.29, 1.82) is 0 Å². The lowest BCUT2D eigenvalue weighted by atomic mass is 9.95. The molecule has 2 amide bonds. The third kappa shape index (κ3) is 3.73. The first-order valence-corrected chi connectivity index (χ1v) is 9.47. The van der Waals surface area contributed by atoms with Gasteiger partial charge in [0.25, 0.3) is 0 Å². The van der Waals surface area contributed by atoms with Gasteiger partial charge in [0.1, 0.15) is 5.75 Å². The normalized spacial score (nSPS) is 23.2. The van der Waals surface area contributed by atoms with Crippen molar-refractivity contribution < 1.29 is 14.7 Å². The molecule has 2 aliphatic rings. The molecule has 0 radical (unpaired) electrons. The van der Waals surface area contributed by atoms with Crippen molar-refractivity contribution in [3.8, 4) is 5.75 Å². The molecule has 2 atom stereocenters. The number of rotatable bonds is 3. The topological polar surface area (TPSA) is 60.9 Å². The number of hydrogen-bond donors (Lipinski definition) is 1. The van der Waals surface area contributed by atoms with Crippen molar-refractivity contribution in [3.05, 3.63) is 40.9 Å². The molecule has 5 nitrogen and oxygen atoms in total. The third-order valence-corrected chi connectivity index (χ3v) is 5.91. The molecule has 2 unspecified atom stereocenters. The highest BCUT2D eigenvalue weighted by Crippen LogP contribution is 2.36. The SMILES string of the molecule is C=CC(=O)N1CCCC(C(=O)N2CCC(c3cc(C)c(Cl)cc3O)C2)C1. The van der Waals surface area contributed by atoms with Crippen molar-refractivity contribution in [1.82, 2.24) is 9.80 Å². The molecule has 2 saturated heterocycles. The van der Waals surface area contributed by atoms with Gasteiger partial charge in [0.15, 0.2) is 0 Å². The molecule has 2 fully saturated rings. The van der Waals surface area contributed by atoms with Crippen LogP contribution in [-0.2, 0) is 9.59 Å². The van der Waals surface area contributed by atoms with E-state index in [1.165, 1.54) is 6.08 Å². The van der Waals surface area contributed by atoms with Crippen LogP contribution in [0, 0.1) is 12.8 Å². The Balaban J connectivity index is 1.67. The first kappa shape index (κ1) is 18.8. The second kappa shape index (κ2) is 7.70. The predicted octanol–water partition coefficient (Wildman–Crippen LogP) is 3.09. The molecule has 1 aromatic carbocycles. The summed E-state index contributed by atoms with van der Waals surface area (Å²) in [6, 6.07) is 3.50.